The first-order chi connectivity index (χ1) is 9.88. The summed E-state index contributed by atoms with van der Waals surface area (Å²) < 4.78 is 0. The molecule has 0 radical (unpaired) electrons. The van der Waals surface area contributed by atoms with Gasteiger partial charge in [-0.3, -0.25) is 4.79 Å². The van der Waals surface area contributed by atoms with Gasteiger partial charge in [0, 0.05) is 4.88 Å². The number of rotatable bonds is 5. The maximum absolute atomic E-state index is 12.2. The lowest BCUT2D eigenvalue weighted by molar-refractivity contribution is -0.122. The lowest BCUT2D eigenvalue weighted by atomic mass is 10.0. The Morgan fingerprint density at radius 3 is 2.62 bits per heavy atom. The Morgan fingerprint density at radius 2 is 2.00 bits per heavy atom. The molecule has 5 heteroatoms. The van der Waals surface area contributed by atoms with E-state index < -0.39 is 11.5 Å². The molecule has 2 rings (SSSR count). The topological polar surface area (TPSA) is 66.4 Å². The molecule has 1 aromatic heterocycles. The van der Waals surface area contributed by atoms with E-state index >= 15 is 0 Å². The predicted molar refractivity (Wildman–Crippen MR) is 82.6 cm³/mol. The van der Waals surface area contributed by atoms with Crippen molar-refractivity contribution in [3.63, 3.8) is 0 Å². The van der Waals surface area contributed by atoms with E-state index in [0.717, 1.165) is 4.88 Å². The number of carboxylic acid groups (broad SMARTS) is 1. The van der Waals surface area contributed by atoms with Gasteiger partial charge in [0.25, 0.3) is 0 Å². The number of carbonyl (C=O) groups excluding carboxylic acids is 1. The SMILES string of the molecule is CC(C)(NC(=O)Cc1cccc(C(=O)O)c1)c1cccs1. The van der Waals surface area contributed by atoms with Crippen molar-refractivity contribution in [2.45, 2.75) is 25.8 Å². The Morgan fingerprint density at radius 1 is 1.24 bits per heavy atom. The third-order valence-electron chi connectivity index (χ3n) is 3.13. The molecule has 0 unspecified atom stereocenters. The molecule has 1 aromatic carbocycles. The summed E-state index contributed by atoms with van der Waals surface area (Å²) in [6.45, 7) is 3.90. The second-order valence-corrected chi connectivity index (χ2v) is 6.28. The van der Waals surface area contributed by atoms with E-state index in [2.05, 4.69) is 5.32 Å². The molecular weight excluding hydrogens is 286 g/mol. The van der Waals surface area contributed by atoms with Crippen LogP contribution in [0.15, 0.2) is 41.8 Å². The fourth-order valence-corrected chi connectivity index (χ4v) is 2.89. The average Bonchev–Trinajstić information content (AvgIpc) is 2.92. The molecule has 0 saturated heterocycles. The van der Waals surface area contributed by atoms with E-state index in [1.807, 2.05) is 31.4 Å². The molecule has 0 spiro atoms. The van der Waals surface area contributed by atoms with E-state index in [-0.39, 0.29) is 17.9 Å². The van der Waals surface area contributed by atoms with E-state index in [9.17, 15) is 9.59 Å². The van der Waals surface area contributed by atoms with E-state index in [0.29, 0.717) is 5.56 Å². The molecule has 21 heavy (non-hydrogen) atoms. The van der Waals surface area contributed by atoms with Gasteiger partial charge in [-0.2, -0.15) is 0 Å². The minimum absolute atomic E-state index is 0.129. The third-order valence-corrected chi connectivity index (χ3v) is 4.32. The van der Waals surface area contributed by atoms with Crippen molar-refractivity contribution >= 4 is 23.2 Å². The first-order valence-corrected chi connectivity index (χ1v) is 7.44. The molecule has 0 saturated carbocycles. The first-order valence-electron chi connectivity index (χ1n) is 6.56. The van der Waals surface area contributed by atoms with Crippen molar-refractivity contribution in [2.24, 2.45) is 0 Å². The van der Waals surface area contributed by atoms with Crippen LogP contribution in [0.25, 0.3) is 0 Å². The molecule has 0 fully saturated rings. The third kappa shape index (κ3) is 3.92. The summed E-state index contributed by atoms with van der Waals surface area (Å²) in [5.41, 5.74) is 0.447. The maximum atomic E-state index is 12.2. The van der Waals surface area contributed by atoms with Gasteiger partial charge in [-0.1, -0.05) is 18.2 Å². The summed E-state index contributed by atoms with van der Waals surface area (Å²) in [4.78, 5) is 24.2. The summed E-state index contributed by atoms with van der Waals surface area (Å²) >= 11 is 1.59. The van der Waals surface area contributed by atoms with Crippen LogP contribution < -0.4 is 5.32 Å². The van der Waals surface area contributed by atoms with Crippen LogP contribution in [0.2, 0.25) is 0 Å². The molecule has 0 aliphatic carbocycles. The molecule has 4 nitrogen and oxygen atoms in total. The zero-order valence-electron chi connectivity index (χ0n) is 11.9. The van der Waals surface area contributed by atoms with Crippen LogP contribution in [0.3, 0.4) is 0 Å². The quantitative estimate of drug-likeness (QED) is 0.892. The number of hydrogen-bond acceptors (Lipinski definition) is 3. The number of carbonyl (C=O) groups is 2. The molecule has 1 heterocycles. The van der Waals surface area contributed by atoms with Gasteiger partial charge in [-0.25, -0.2) is 4.79 Å². The molecule has 0 aliphatic rings. The van der Waals surface area contributed by atoms with Gasteiger partial charge in [-0.15, -0.1) is 11.3 Å². The fourth-order valence-electron chi connectivity index (χ4n) is 2.09. The van der Waals surface area contributed by atoms with Crippen molar-refractivity contribution in [3.8, 4) is 0 Å². The smallest absolute Gasteiger partial charge is 0.335 e. The molecule has 1 amide bonds. The lowest BCUT2D eigenvalue weighted by Crippen LogP contribution is -2.41. The Balaban J connectivity index is 2.05. The van der Waals surface area contributed by atoms with Crippen LogP contribution in [-0.2, 0) is 16.8 Å². The first kappa shape index (κ1) is 15.3. The van der Waals surface area contributed by atoms with Crippen LogP contribution in [0.1, 0.15) is 34.6 Å². The van der Waals surface area contributed by atoms with Crippen molar-refractivity contribution in [1.29, 1.82) is 0 Å². The molecular formula is C16H17NO3S. The molecule has 2 N–H and O–H groups in total. The van der Waals surface area contributed by atoms with Gasteiger partial charge in [0.1, 0.15) is 0 Å². The number of amides is 1. The second kappa shape index (κ2) is 6.10. The molecule has 2 aromatic rings. The zero-order valence-corrected chi connectivity index (χ0v) is 12.7. The summed E-state index contributed by atoms with van der Waals surface area (Å²) in [7, 11) is 0. The van der Waals surface area contributed by atoms with Gasteiger partial charge in [-0.05, 0) is 43.0 Å². The van der Waals surface area contributed by atoms with Crippen molar-refractivity contribution in [2.75, 3.05) is 0 Å². The number of thiophene rings is 1. The Hall–Kier alpha value is -2.14. The number of nitrogens with one attached hydrogen (secondary N) is 1. The van der Waals surface area contributed by atoms with Gasteiger partial charge in [0.2, 0.25) is 5.91 Å². The van der Waals surface area contributed by atoms with Gasteiger partial charge < -0.3 is 10.4 Å². The van der Waals surface area contributed by atoms with Crippen LogP contribution in [0, 0.1) is 0 Å². The normalized spacial score (nSPS) is 11.1. The van der Waals surface area contributed by atoms with E-state index in [1.165, 1.54) is 12.1 Å². The van der Waals surface area contributed by atoms with Crippen LogP contribution in [0.5, 0.6) is 0 Å². The number of benzene rings is 1. The van der Waals surface area contributed by atoms with Crippen molar-refractivity contribution in [1.82, 2.24) is 5.32 Å². The number of aromatic carboxylic acids is 1. The summed E-state index contributed by atoms with van der Waals surface area (Å²) in [6, 6.07) is 10.4. The standard InChI is InChI=1S/C16H17NO3S/c1-16(2,13-7-4-8-21-13)17-14(18)10-11-5-3-6-12(9-11)15(19)20/h3-9H,10H2,1-2H3,(H,17,18)(H,19,20). The van der Waals surface area contributed by atoms with Gasteiger partial charge in [0.15, 0.2) is 0 Å². The van der Waals surface area contributed by atoms with Crippen LogP contribution >= 0.6 is 11.3 Å². The Kier molecular flexibility index (Phi) is 4.43. The largest absolute Gasteiger partial charge is 0.478 e. The highest BCUT2D eigenvalue weighted by Crippen LogP contribution is 2.24. The summed E-state index contributed by atoms with van der Waals surface area (Å²) in [5, 5.41) is 13.9. The maximum Gasteiger partial charge on any atom is 0.335 e. The Bertz CT molecular complexity index is 647. The average molecular weight is 303 g/mol. The molecule has 0 aliphatic heterocycles. The van der Waals surface area contributed by atoms with E-state index in [1.54, 1.807) is 23.5 Å². The number of carboxylic acids is 1. The van der Waals surface area contributed by atoms with Crippen molar-refractivity contribution < 1.29 is 14.7 Å². The fraction of sp³-hybridized carbons (Fsp3) is 0.250. The lowest BCUT2D eigenvalue weighted by Gasteiger charge is -2.25. The Labute approximate surface area is 127 Å². The molecule has 0 atom stereocenters. The summed E-state index contributed by atoms with van der Waals surface area (Å²) in [6.07, 6.45) is 0.163. The van der Waals surface area contributed by atoms with Crippen LogP contribution in [-0.4, -0.2) is 17.0 Å². The summed E-state index contributed by atoms with van der Waals surface area (Å²) in [5.74, 6) is -1.12. The zero-order chi connectivity index (χ0) is 15.5. The van der Waals surface area contributed by atoms with Crippen LogP contribution in [0.4, 0.5) is 0 Å². The monoisotopic (exact) mass is 303 g/mol. The predicted octanol–water partition coefficient (Wildman–Crippen LogP) is 3.04. The number of hydrogen-bond donors (Lipinski definition) is 2. The van der Waals surface area contributed by atoms with Gasteiger partial charge >= 0.3 is 5.97 Å². The van der Waals surface area contributed by atoms with E-state index in [4.69, 9.17) is 5.11 Å². The minimum atomic E-state index is -0.990. The highest BCUT2D eigenvalue weighted by atomic mass is 32.1. The van der Waals surface area contributed by atoms with Gasteiger partial charge in [0.05, 0.1) is 17.5 Å². The second-order valence-electron chi connectivity index (χ2n) is 5.33. The highest BCUT2D eigenvalue weighted by molar-refractivity contribution is 7.10. The minimum Gasteiger partial charge on any atom is -0.478 e. The van der Waals surface area contributed by atoms with Crippen molar-refractivity contribution in [3.05, 3.63) is 57.8 Å². The molecule has 110 valence electrons. The highest BCUT2D eigenvalue weighted by Gasteiger charge is 2.23. The molecule has 0 bridgehead atoms.